The van der Waals surface area contributed by atoms with Crippen LogP contribution in [0.25, 0.3) is 0 Å². The van der Waals surface area contributed by atoms with Crippen molar-refractivity contribution in [2.24, 2.45) is 0 Å². The van der Waals surface area contributed by atoms with Crippen molar-refractivity contribution in [3.05, 3.63) is 51.0 Å². The number of carbonyl (C=O) groups is 1. The first kappa shape index (κ1) is 14.7. The van der Waals surface area contributed by atoms with Crippen LogP contribution in [0.4, 0.5) is 4.39 Å². The molecule has 0 aliphatic rings. The summed E-state index contributed by atoms with van der Waals surface area (Å²) in [4.78, 5) is 10.8. The molecule has 1 aromatic heterocycles. The molecule has 0 spiro atoms. The molecule has 0 saturated carbocycles. The summed E-state index contributed by atoms with van der Waals surface area (Å²) in [5.41, 5.74) is 3.17. The van der Waals surface area contributed by atoms with E-state index < -0.39 is 5.97 Å². The van der Waals surface area contributed by atoms with E-state index in [0.717, 1.165) is 16.8 Å². The van der Waals surface area contributed by atoms with Crippen molar-refractivity contribution in [3.63, 3.8) is 0 Å². The number of aromatic nitrogens is 2. The van der Waals surface area contributed by atoms with Crippen molar-refractivity contribution >= 4 is 21.9 Å². The summed E-state index contributed by atoms with van der Waals surface area (Å²) in [5, 5.41) is 13.3. The average Bonchev–Trinajstić information content (AvgIpc) is 2.61. The second-order valence-electron chi connectivity index (χ2n) is 4.63. The summed E-state index contributed by atoms with van der Waals surface area (Å²) in [7, 11) is 0. The van der Waals surface area contributed by atoms with Crippen LogP contribution >= 0.6 is 15.9 Å². The highest BCUT2D eigenvalue weighted by atomic mass is 79.9. The molecule has 0 unspecified atom stereocenters. The van der Waals surface area contributed by atoms with Gasteiger partial charge in [0, 0.05) is 11.3 Å². The maximum Gasteiger partial charge on any atom is 0.307 e. The van der Waals surface area contributed by atoms with Crippen LogP contribution in [0.3, 0.4) is 0 Å². The van der Waals surface area contributed by atoms with E-state index in [4.69, 9.17) is 5.11 Å². The quantitative estimate of drug-likeness (QED) is 0.930. The molecule has 106 valence electrons. The Morgan fingerprint density at radius 1 is 1.45 bits per heavy atom. The van der Waals surface area contributed by atoms with Crippen molar-refractivity contribution in [2.45, 2.75) is 26.8 Å². The Morgan fingerprint density at radius 2 is 2.15 bits per heavy atom. The van der Waals surface area contributed by atoms with E-state index >= 15 is 0 Å². The maximum atomic E-state index is 13.2. The molecule has 0 atom stereocenters. The summed E-state index contributed by atoms with van der Waals surface area (Å²) in [6.07, 6.45) is -0.0369. The number of hydrogen-bond donors (Lipinski definition) is 1. The number of benzene rings is 1. The lowest BCUT2D eigenvalue weighted by molar-refractivity contribution is -0.136. The number of carboxylic acid groups (broad SMARTS) is 1. The molecule has 0 saturated heterocycles. The van der Waals surface area contributed by atoms with Crippen LogP contribution in [0.5, 0.6) is 0 Å². The van der Waals surface area contributed by atoms with Crippen LogP contribution in [-0.2, 0) is 17.8 Å². The maximum absolute atomic E-state index is 13.2. The number of rotatable bonds is 4. The summed E-state index contributed by atoms with van der Waals surface area (Å²) >= 11 is 3.15. The van der Waals surface area contributed by atoms with Gasteiger partial charge in [-0.2, -0.15) is 5.10 Å². The Balaban J connectivity index is 2.29. The molecule has 0 aliphatic heterocycles. The van der Waals surface area contributed by atoms with Gasteiger partial charge in [0.25, 0.3) is 0 Å². The lowest BCUT2D eigenvalue weighted by Crippen LogP contribution is -2.06. The van der Waals surface area contributed by atoms with E-state index in [-0.39, 0.29) is 12.2 Å². The van der Waals surface area contributed by atoms with Crippen LogP contribution in [0.2, 0.25) is 0 Å². The van der Waals surface area contributed by atoms with Gasteiger partial charge >= 0.3 is 5.97 Å². The lowest BCUT2D eigenvalue weighted by atomic mass is 10.1. The van der Waals surface area contributed by atoms with Gasteiger partial charge in [-0.15, -0.1) is 0 Å². The predicted octanol–water partition coefficient (Wildman–Crippen LogP) is 3.08. The fourth-order valence-corrected chi connectivity index (χ4v) is 2.53. The van der Waals surface area contributed by atoms with E-state index in [9.17, 15) is 9.18 Å². The molecule has 0 amide bonds. The van der Waals surface area contributed by atoms with E-state index in [2.05, 4.69) is 21.0 Å². The molecule has 2 rings (SSSR count). The Morgan fingerprint density at radius 3 is 2.75 bits per heavy atom. The molecule has 6 heteroatoms. The molecule has 2 aromatic rings. The molecule has 0 bridgehead atoms. The third-order valence-electron chi connectivity index (χ3n) is 3.18. The highest BCUT2D eigenvalue weighted by Crippen LogP contribution is 2.19. The van der Waals surface area contributed by atoms with E-state index in [0.29, 0.717) is 16.7 Å². The molecule has 20 heavy (non-hydrogen) atoms. The van der Waals surface area contributed by atoms with Gasteiger partial charge in [0.05, 0.1) is 23.1 Å². The van der Waals surface area contributed by atoms with Gasteiger partial charge in [-0.25, -0.2) is 4.39 Å². The van der Waals surface area contributed by atoms with E-state index in [1.54, 1.807) is 23.7 Å². The summed E-state index contributed by atoms with van der Waals surface area (Å²) in [6.45, 7) is 4.12. The monoisotopic (exact) mass is 340 g/mol. The van der Waals surface area contributed by atoms with E-state index in [1.165, 1.54) is 6.07 Å². The third kappa shape index (κ3) is 3.07. The van der Waals surface area contributed by atoms with Gasteiger partial charge in [-0.3, -0.25) is 9.48 Å². The first-order chi connectivity index (χ1) is 9.38. The Bertz CT molecular complexity index is 667. The number of aliphatic carboxylic acids is 1. The first-order valence-electron chi connectivity index (χ1n) is 6.07. The summed E-state index contributed by atoms with van der Waals surface area (Å²) < 4.78 is 15.3. The minimum atomic E-state index is -0.875. The molecule has 0 radical (unpaired) electrons. The predicted molar refractivity (Wildman–Crippen MR) is 76.2 cm³/mol. The zero-order valence-corrected chi connectivity index (χ0v) is 12.7. The smallest absolute Gasteiger partial charge is 0.307 e. The minimum Gasteiger partial charge on any atom is -0.481 e. The van der Waals surface area contributed by atoms with Gasteiger partial charge < -0.3 is 5.11 Å². The van der Waals surface area contributed by atoms with Crippen molar-refractivity contribution in [3.8, 4) is 0 Å². The number of hydrogen-bond acceptors (Lipinski definition) is 2. The lowest BCUT2D eigenvalue weighted by Gasteiger charge is -2.06. The van der Waals surface area contributed by atoms with Crippen LogP contribution in [0.1, 0.15) is 22.5 Å². The number of nitrogens with zero attached hydrogens (tertiary/aromatic N) is 2. The molecule has 4 nitrogen and oxygen atoms in total. The standard InChI is InChI=1S/C14H14BrFN2O2/c1-8-11(6-14(19)20)9(2)18(17-8)7-10-3-4-13(16)12(15)5-10/h3-5H,6-7H2,1-2H3,(H,19,20). The number of carboxylic acids is 1. The molecular formula is C14H14BrFN2O2. The van der Waals surface area contributed by atoms with E-state index in [1.807, 2.05) is 6.92 Å². The van der Waals surface area contributed by atoms with Crippen molar-refractivity contribution in [2.75, 3.05) is 0 Å². The second-order valence-corrected chi connectivity index (χ2v) is 5.48. The zero-order chi connectivity index (χ0) is 14.9. The Kier molecular flexibility index (Phi) is 4.23. The largest absolute Gasteiger partial charge is 0.481 e. The van der Waals surface area contributed by atoms with Crippen molar-refractivity contribution < 1.29 is 14.3 Å². The molecule has 0 aliphatic carbocycles. The SMILES string of the molecule is Cc1nn(Cc2ccc(F)c(Br)c2)c(C)c1CC(=O)O. The van der Waals surface area contributed by atoms with Crippen molar-refractivity contribution in [1.29, 1.82) is 0 Å². The van der Waals surface area contributed by atoms with Gasteiger partial charge in [-0.1, -0.05) is 6.07 Å². The zero-order valence-electron chi connectivity index (χ0n) is 11.2. The Hall–Kier alpha value is -1.69. The molecule has 1 heterocycles. The van der Waals surface area contributed by atoms with Crippen LogP contribution in [0.15, 0.2) is 22.7 Å². The molecule has 0 fully saturated rings. The Labute approximate surface area is 124 Å². The van der Waals surface area contributed by atoms with Crippen LogP contribution < -0.4 is 0 Å². The fraction of sp³-hybridized carbons (Fsp3) is 0.286. The minimum absolute atomic E-state index is 0.0369. The summed E-state index contributed by atoms with van der Waals surface area (Å²) in [5.74, 6) is -1.19. The molecular weight excluding hydrogens is 327 g/mol. The summed E-state index contributed by atoms with van der Waals surface area (Å²) in [6, 6.07) is 4.78. The van der Waals surface area contributed by atoms with Gasteiger partial charge in [0.1, 0.15) is 5.82 Å². The molecule has 1 aromatic carbocycles. The topological polar surface area (TPSA) is 55.1 Å². The van der Waals surface area contributed by atoms with Crippen LogP contribution in [0, 0.1) is 19.7 Å². The first-order valence-corrected chi connectivity index (χ1v) is 6.86. The fourth-order valence-electron chi connectivity index (χ4n) is 2.11. The number of aryl methyl sites for hydroxylation is 1. The normalized spacial score (nSPS) is 10.8. The average molecular weight is 341 g/mol. The van der Waals surface area contributed by atoms with Gasteiger partial charge in [0.15, 0.2) is 0 Å². The highest BCUT2D eigenvalue weighted by molar-refractivity contribution is 9.10. The number of halogens is 2. The van der Waals surface area contributed by atoms with Crippen molar-refractivity contribution in [1.82, 2.24) is 9.78 Å². The van der Waals surface area contributed by atoms with Crippen LogP contribution in [-0.4, -0.2) is 20.9 Å². The van der Waals surface area contributed by atoms with Gasteiger partial charge in [0.2, 0.25) is 0 Å². The molecule has 1 N–H and O–H groups in total. The van der Waals surface area contributed by atoms with Gasteiger partial charge in [-0.05, 0) is 47.5 Å². The second kappa shape index (κ2) is 5.75. The highest BCUT2D eigenvalue weighted by Gasteiger charge is 2.14. The third-order valence-corrected chi connectivity index (χ3v) is 3.78.